The maximum absolute atomic E-state index is 13.7. The van der Waals surface area contributed by atoms with Crippen molar-refractivity contribution in [3.05, 3.63) is 83.9 Å². The van der Waals surface area contributed by atoms with E-state index in [1.54, 1.807) is 12.1 Å². The van der Waals surface area contributed by atoms with Gasteiger partial charge in [-0.3, -0.25) is 19.7 Å². The summed E-state index contributed by atoms with van der Waals surface area (Å²) in [5.74, 6) is -1.52. The summed E-state index contributed by atoms with van der Waals surface area (Å²) in [7, 11) is -4.00. The van der Waals surface area contributed by atoms with Gasteiger partial charge in [-0.05, 0) is 53.9 Å². The fourth-order valence-corrected chi connectivity index (χ4v) is 7.11. The van der Waals surface area contributed by atoms with Gasteiger partial charge in [-0.15, -0.1) is 0 Å². The summed E-state index contributed by atoms with van der Waals surface area (Å²) >= 11 is 1.31. The highest BCUT2D eigenvalue weighted by Gasteiger charge is 2.38. The topological polar surface area (TPSA) is 135 Å². The van der Waals surface area contributed by atoms with Crippen LogP contribution in [0.1, 0.15) is 30.5 Å². The van der Waals surface area contributed by atoms with Gasteiger partial charge in [-0.25, -0.2) is 13.4 Å². The van der Waals surface area contributed by atoms with Crippen LogP contribution in [0.5, 0.6) is 0 Å². The Labute approximate surface area is 235 Å². The van der Waals surface area contributed by atoms with Crippen LogP contribution in [0.25, 0.3) is 10.2 Å². The van der Waals surface area contributed by atoms with Crippen molar-refractivity contribution in [2.75, 3.05) is 23.8 Å². The minimum absolute atomic E-state index is 0.0366. The largest absolute Gasteiger partial charge is 0.456 e. The number of carbonyl (C=O) groups excluding carboxylic acids is 3. The summed E-state index contributed by atoms with van der Waals surface area (Å²) in [6.07, 6.45) is 0.212. The van der Waals surface area contributed by atoms with E-state index >= 15 is 0 Å². The Bertz CT molecular complexity index is 1650. The number of rotatable bonds is 8. The number of anilines is 2. The van der Waals surface area contributed by atoms with Gasteiger partial charge in [-0.2, -0.15) is 4.31 Å². The number of para-hydroxylation sites is 1. The summed E-state index contributed by atoms with van der Waals surface area (Å²) in [5, 5.41) is 5.64. The molecule has 0 fully saturated rings. The number of ether oxygens (including phenoxy) is 1. The Balaban J connectivity index is 1.29. The van der Waals surface area contributed by atoms with Gasteiger partial charge in [0.05, 0.1) is 27.6 Å². The lowest BCUT2D eigenvalue weighted by molar-refractivity contribution is -0.148. The summed E-state index contributed by atoms with van der Waals surface area (Å²) in [5.41, 5.74) is 2.88. The van der Waals surface area contributed by atoms with Gasteiger partial charge in [0.2, 0.25) is 15.9 Å². The lowest BCUT2D eigenvalue weighted by Crippen LogP contribution is -2.41. The van der Waals surface area contributed by atoms with Crippen LogP contribution < -0.4 is 10.6 Å². The monoisotopic (exact) mass is 578 g/mol. The summed E-state index contributed by atoms with van der Waals surface area (Å²) in [4.78, 5) is 41.0. The molecule has 40 heavy (non-hydrogen) atoms. The van der Waals surface area contributed by atoms with Crippen molar-refractivity contribution in [1.29, 1.82) is 0 Å². The minimum Gasteiger partial charge on any atom is -0.456 e. The molecular formula is C28H26N4O6S2. The number of nitrogens with one attached hydrogen (secondary N) is 2. The van der Waals surface area contributed by atoms with Gasteiger partial charge in [0.1, 0.15) is 0 Å². The average Bonchev–Trinajstić information content (AvgIpc) is 3.34. The summed E-state index contributed by atoms with van der Waals surface area (Å²) in [6, 6.07) is 19.9. The van der Waals surface area contributed by atoms with Crippen molar-refractivity contribution in [3.8, 4) is 0 Å². The van der Waals surface area contributed by atoms with E-state index in [1.807, 2.05) is 36.4 Å². The standard InChI is InChI=1S/C28H26N4O6S2/c1-18(33)29-20-10-12-21(13-11-20)40(36,37)32-15-14-19-6-2-3-7-22(19)24(32)16-27(35)38-17-26(34)31-28-30-23-8-4-5-9-25(23)39-28/h2-13,24H,14-17H2,1H3,(H,29,33)(H,30,31,34). The highest BCUT2D eigenvalue weighted by molar-refractivity contribution is 7.89. The highest BCUT2D eigenvalue weighted by atomic mass is 32.2. The smallest absolute Gasteiger partial charge is 0.308 e. The van der Waals surface area contributed by atoms with Crippen molar-refractivity contribution in [2.45, 2.75) is 30.7 Å². The number of amides is 2. The van der Waals surface area contributed by atoms with E-state index in [4.69, 9.17) is 4.74 Å². The van der Waals surface area contributed by atoms with Gasteiger partial charge in [0.25, 0.3) is 5.91 Å². The third kappa shape index (κ3) is 6.03. The number of thiazole rings is 1. The van der Waals surface area contributed by atoms with Crippen molar-refractivity contribution in [1.82, 2.24) is 9.29 Å². The van der Waals surface area contributed by atoms with E-state index in [1.165, 1.54) is 46.8 Å². The molecule has 2 heterocycles. The van der Waals surface area contributed by atoms with Gasteiger partial charge in [-0.1, -0.05) is 47.7 Å². The molecule has 5 rings (SSSR count). The molecule has 0 radical (unpaired) electrons. The molecule has 0 bridgehead atoms. The molecule has 1 aliphatic rings. The number of benzene rings is 3. The maximum atomic E-state index is 13.7. The number of hydrogen-bond donors (Lipinski definition) is 2. The number of hydrogen-bond acceptors (Lipinski definition) is 8. The summed E-state index contributed by atoms with van der Waals surface area (Å²) < 4.78 is 34.8. The van der Waals surface area contributed by atoms with E-state index < -0.39 is 34.5 Å². The second-order valence-corrected chi connectivity index (χ2v) is 12.1. The number of nitrogens with zero attached hydrogens (tertiary/aromatic N) is 2. The molecule has 4 aromatic rings. The van der Waals surface area contributed by atoms with Crippen LogP contribution in [0.15, 0.2) is 77.7 Å². The molecule has 0 saturated heterocycles. The molecule has 1 unspecified atom stereocenters. The predicted molar refractivity (Wildman–Crippen MR) is 151 cm³/mol. The van der Waals surface area contributed by atoms with Gasteiger partial charge in [0, 0.05) is 19.2 Å². The van der Waals surface area contributed by atoms with Crippen LogP contribution in [0.4, 0.5) is 10.8 Å². The van der Waals surface area contributed by atoms with Crippen molar-refractivity contribution in [3.63, 3.8) is 0 Å². The fraction of sp³-hybridized carbons (Fsp3) is 0.214. The first-order valence-electron chi connectivity index (χ1n) is 12.5. The molecule has 12 heteroatoms. The number of sulfonamides is 1. The normalized spacial score (nSPS) is 15.3. The van der Waals surface area contributed by atoms with Crippen LogP contribution in [0, 0.1) is 0 Å². The Hall–Kier alpha value is -4.13. The van der Waals surface area contributed by atoms with E-state index in [0.717, 1.165) is 15.8 Å². The zero-order valence-corrected chi connectivity index (χ0v) is 23.1. The molecule has 0 saturated carbocycles. The van der Waals surface area contributed by atoms with E-state index in [9.17, 15) is 22.8 Å². The van der Waals surface area contributed by atoms with E-state index in [-0.39, 0.29) is 23.8 Å². The molecule has 206 valence electrons. The first kappa shape index (κ1) is 27.4. The Morgan fingerprint density at radius 1 is 1.00 bits per heavy atom. The van der Waals surface area contributed by atoms with Crippen molar-refractivity contribution < 1.29 is 27.5 Å². The molecule has 3 aromatic carbocycles. The maximum Gasteiger partial charge on any atom is 0.308 e. The molecule has 2 amide bonds. The third-order valence-electron chi connectivity index (χ3n) is 6.41. The fourth-order valence-electron chi connectivity index (χ4n) is 4.62. The Kier molecular flexibility index (Phi) is 7.92. The lowest BCUT2D eigenvalue weighted by atomic mass is 9.92. The minimum atomic E-state index is -4.00. The predicted octanol–water partition coefficient (Wildman–Crippen LogP) is 4.11. The average molecular weight is 579 g/mol. The zero-order chi connectivity index (χ0) is 28.3. The number of aromatic nitrogens is 1. The first-order chi connectivity index (χ1) is 19.2. The summed E-state index contributed by atoms with van der Waals surface area (Å²) in [6.45, 7) is 1.01. The second-order valence-electron chi connectivity index (χ2n) is 9.19. The SMILES string of the molecule is CC(=O)Nc1ccc(S(=O)(=O)N2CCc3ccccc3C2CC(=O)OCC(=O)Nc2nc3ccccc3s2)cc1. The number of carbonyl (C=O) groups is 3. The van der Waals surface area contributed by atoms with Crippen LogP contribution >= 0.6 is 11.3 Å². The van der Waals surface area contributed by atoms with Crippen molar-refractivity contribution >= 4 is 60.2 Å². The molecule has 10 nitrogen and oxygen atoms in total. The quantitative estimate of drug-likeness (QED) is 0.301. The van der Waals surface area contributed by atoms with Gasteiger partial charge >= 0.3 is 5.97 Å². The molecule has 1 aliphatic heterocycles. The molecular weight excluding hydrogens is 552 g/mol. The Morgan fingerprint density at radius 3 is 2.48 bits per heavy atom. The zero-order valence-electron chi connectivity index (χ0n) is 21.5. The molecule has 1 aromatic heterocycles. The van der Waals surface area contributed by atoms with E-state index in [0.29, 0.717) is 22.8 Å². The lowest BCUT2D eigenvalue weighted by Gasteiger charge is -2.36. The van der Waals surface area contributed by atoms with E-state index in [2.05, 4.69) is 15.6 Å². The van der Waals surface area contributed by atoms with Crippen LogP contribution in [0.3, 0.4) is 0 Å². The molecule has 2 N–H and O–H groups in total. The molecule has 0 spiro atoms. The van der Waals surface area contributed by atoms with Crippen LogP contribution in [-0.4, -0.2) is 48.6 Å². The van der Waals surface area contributed by atoms with Crippen LogP contribution in [-0.2, 0) is 35.6 Å². The number of esters is 1. The second kappa shape index (κ2) is 11.5. The van der Waals surface area contributed by atoms with Crippen molar-refractivity contribution in [2.24, 2.45) is 0 Å². The highest BCUT2D eigenvalue weighted by Crippen LogP contribution is 2.37. The van der Waals surface area contributed by atoms with Gasteiger partial charge in [0.15, 0.2) is 11.7 Å². The molecule has 1 atom stereocenters. The first-order valence-corrected chi connectivity index (χ1v) is 14.7. The third-order valence-corrected chi connectivity index (χ3v) is 9.28. The number of fused-ring (bicyclic) bond motifs is 2. The van der Waals surface area contributed by atoms with Gasteiger partial charge < -0.3 is 10.1 Å². The Morgan fingerprint density at radius 2 is 1.73 bits per heavy atom. The molecule has 0 aliphatic carbocycles. The van der Waals surface area contributed by atoms with Crippen LogP contribution in [0.2, 0.25) is 0 Å².